The van der Waals surface area contributed by atoms with E-state index < -0.39 is 35.1 Å². The lowest BCUT2D eigenvalue weighted by atomic mass is 10.0. The molecule has 3 heterocycles. The van der Waals surface area contributed by atoms with Crippen molar-refractivity contribution >= 4 is 34.6 Å². The average Bonchev–Trinajstić information content (AvgIpc) is 3.24. The number of hydrogen-bond acceptors (Lipinski definition) is 7. The maximum absolute atomic E-state index is 15.4. The minimum absolute atomic E-state index is 0.0834. The van der Waals surface area contributed by atoms with Gasteiger partial charge in [0.1, 0.15) is 23.5 Å². The number of benzene rings is 2. The third-order valence-corrected chi connectivity index (χ3v) is 6.79. The number of rotatable bonds is 7. The van der Waals surface area contributed by atoms with E-state index in [0.717, 1.165) is 6.07 Å². The van der Waals surface area contributed by atoms with Gasteiger partial charge in [-0.2, -0.15) is 18.3 Å². The van der Waals surface area contributed by atoms with E-state index >= 15 is 4.39 Å². The number of methoxy groups -OCH3 is 1. The largest absolute Gasteiger partial charge is 0.416 e. The second-order valence-corrected chi connectivity index (χ2v) is 9.67. The number of nitrogens with one attached hydrogen (secondary N) is 3. The van der Waals surface area contributed by atoms with Gasteiger partial charge in [-0.15, -0.1) is 0 Å². The van der Waals surface area contributed by atoms with Crippen molar-refractivity contribution in [2.75, 3.05) is 43.1 Å². The highest BCUT2D eigenvalue weighted by molar-refractivity contribution is 6.00. The van der Waals surface area contributed by atoms with Crippen LogP contribution in [0.15, 0.2) is 42.7 Å². The van der Waals surface area contributed by atoms with Gasteiger partial charge in [0, 0.05) is 37.9 Å². The van der Waals surface area contributed by atoms with Crippen molar-refractivity contribution in [3.8, 4) is 11.1 Å². The number of nitrogens with two attached hydrogens (primary N) is 1. The van der Waals surface area contributed by atoms with Crippen LogP contribution in [0, 0.1) is 11.6 Å². The van der Waals surface area contributed by atoms with Gasteiger partial charge in [-0.05, 0) is 35.9 Å². The van der Waals surface area contributed by atoms with E-state index in [9.17, 15) is 27.2 Å². The van der Waals surface area contributed by atoms with Crippen LogP contribution in [0.3, 0.4) is 0 Å². The zero-order valence-electron chi connectivity index (χ0n) is 22.6. The number of nitrogen functional groups attached to an aromatic ring is 1. The molecule has 43 heavy (non-hydrogen) atoms. The lowest BCUT2D eigenvalue weighted by Gasteiger charge is -2.26. The number of halogens is 5. The molecule has 0 saturated carbocycles. The first kappa shape index (κ1) is 29.7. The Balaban J connectivity index is 1.47. The summed E-state index contributed by atoms with van der Waals surface area (Å²) in [6.45, 7) is 1.61. The van der Waals surface area contributed by atoms with Crippen LogP contribution in [-0.4, -0.2) is 58.2 Å². The molecule has 1 saturated heterocycles. The van der Waals surface area contributed by atoms with Crippen LogP contribution >= 0.6 is 0 Å². The van der Waals surface area contributed by atoms with Crippen LogP contribution in [0.1, 0.15) is 16.8 Å². The highest BCUT2D eigenvalue weighted by Gasteiger charge is 2.31. The normalized spacial score (nSPS) is 14.1. The van der Waals surface area contributed by atoms with Crippen LogP contribution in [0.5, 0.6) is 0 Å². The molecule has 1 aliphatic heterocycles. The minimum Gasteiger partial charge on any atom is -0.382 e. The van der Waals surface area contributed by atoms with E-state index in [0.29, 0.717) is 65.7 Å². The highest BCUT2D eigenvalue weighted by Crippen LogP contribution is 2.38. The number of piperazine rings is 1. The summed E-state index contributed by atoms with van der Waals surface area (Å²) < 4.78 is 75.5. The summed E-state index contributed by atoms with van der Waals surface area (Å²) in [5, 5.41) is 11.3. The maximum atomic E-state index is 15.4. The van der Waals surface area contributed by atoms with E-state index in [1.54, 1.807) is 4.52 Å². The molecule has 5 N–H and O–H groups in total. The number of nitrogens with zero attached hydrogens (tertiary/aromatic N) is 4. The van der Waals surface area contributed by atoms with E-state index in [-0.39, 0.29) is 30.6 Å². The molecular weight excluding hydrogens is 579 g/mol. The number of hydrogen-bond donors (Lipinski definition) is 4. The molecular formula is C27H25F5N8O3. The van der Waals surface area contributed by atoms with Crippen LogP contribution in [0.2, 0.25) is 0 Å². The topological polar surface area (TPSA) is 139 Å². The number of ether oxygens (including phenoxy) is 1. The van der Waals surface area contributed by atoms with Gasteiger partial charge < -0.3 is 26.4 Å². The predicted molar refractivity (Wildman–Crippen MR) is 146 cm³/mol. The van der Waals surface area contributed by atoms with Crippen molar-refractivity contribution in [2.45, 2.75) is 19.3 Å². The fourth-order valence-corrected chi connectivity index (χ4v) is 4.88. The summed E-state index contributed by atoms with van der Waals surface area (Å²) in [7, 11) is 1.48. The Kier molecular flexibility index (Phi) is 8.14. The molecule has 2 aromatic carbocycles. The van der Waals surface area contributed by atoms with Gasteiger partial charge in [-0.25, -0.2) is 23.1 Å². The molecule has 226 valence electrons. The third kappa shape index (κ3) is 6.19. The fraction of sp³-hybridized carbons (Fsp3) is 0.259. The Bertz CT molecular complexity index is 1710. The summed E-state index contributed by atoms with van der Waals surface area (Å²) in [6.07, 6.45) is -3.49. The van der Waals surface area contributed by atoms with Crippen molar-refractivity contribution < 1.29 is 36.3 Å². The molecule has 4 aromatic rings. The van der Waals surface area contributed by atoms with Gasteiger partial charge in [0.15, 0.2) is 5.82 Å². The summed E-state index contributed by atoms with van der Waals surface area (Å²) in [6, 6.07) is 4.22. The number of carbonyl (C=O) groups is 2. The highest BCUT2D eigenvalue weighted by atomic mass is 19.4. The van der Waals surface area contributed by atoms with E-state index in [2.05, 4.69) is 20.7 Å². The summed E-state index contributed by atoms with van der Waals surface area (Å²) in [5.74, 6) is -2.02. The third-order valence-electron chi connectivity index (χ3n) is 6.79. The van der Waals surface area contributed by atoms with Crippen molar-refractivity contribution in [3.05, 3.63) is 71.2 Å². The van der Waals surface area contributed by atoms with Gasteiger partial charge in [0.05, 0.1) is 35.8 Å². The number of aromatic nitrogens is 3. The second kappa shape index (κ2) is 11.8. The first-order valence-corrected chi connectivity index (χ1v) is 12.8. The van der Waals surface area contributed by atoms with Crippen molar-refractivity contribution in [1.29, 1.82) is 0 Å². The number of alkyl halides is 3. The van der Waals surface area contributed by atoms with Gasteiger partial charge >= 0.3 is 12.2 Å². The van der Waals surface area contributed by atoms with Gasteiger partial charge in [-0.1, -0.05) is 6.07 Å². The minimum atomic E-state index is -4.76. The first-order valence-electron chi connectivity index (χ1n) is 12.8. The van der Waals surface area contributed by atoms with E-state index in [1.807, 2.05) is 10.2 Å². The molecule has 11 nitrogen and oxygen atoms in total. The standard InChI is InChI=1S/C27H25F5N8O3/c1-43-12-16-21(10-39-7-6-34-22(41)11-39)40-24(25(33)35-13-36-40)23(16)14-2-5-19(18(29)8-14)37-26(42)38-20-9-15(27(30,31)32)3-4-17(20)28/h2-5,8-9,13H,6-7,10-12H2,1H3,(H,34,41)(H2,33,35,36)(H2,37,38,42). The molecule has 1 fully saturated rings. The number of carbonyl (C=O) groups excluding carboxylic acids is 2. The fourth-order valence-electron chi connectivity index (χ4n) is 4.88. The Morgan fingerprint density at radius 2 is 1.88 bits per heavy atom. The molecule has 3 amide bonds. The molecule has 2 aromatic heterocycles. The number of amides is 3. The lowest BCUT2D eigenvalue weighted by Crippen LogP contribution is -2.47. The van der Waals surface area contributed by atoms with E-state index in [4.69, 9.17) is 10.5 Å². The Morgan fingerprint density at radius 1 is 1.12 bits per heavy atom. The molecule has 0 spiro atoms. The zero-order chi connectivity index (χ0) is 30.9. The Labute approximate surface area is 240 Å². The number of urea groups is 1. The monoisotopic (exact) mass is 604 g/mol. The molecule has 1 aliphatic rings. The van der Waals surface area contributed by atoms with E-state index in [1.165, 1.54) is 25.6 Å². The average molecular weight is 605 g/mol. The Hall–Kier alpha value is -4.83. The summed E-state index contributed by atoms with van der Waals surface area (Å²) in [5.41, 5.74) is 6.47. The van der Waals surface area contributed by atoms with Crippen molar-refractivity contribution in [1.82, 2.24) is 24.8 Å². The van der Waals surface area contributed by atoms with Crippen LogP contribution < -0.4 is 21.7 Å². The lowest BCUT2D eigenvalue weighted by molar-refractivity contribution is -0.137. The molecule has 0 radical (unpaired) electrons. The quantitative estimate of drug-likeness (QED) is 0.234. The molecule has 0 atom stereocenters. The molecule has 0 bridgehead atoms. The Morgan fingerprint density at radius 3 is 2.58 bits per heavy atom. The molecule has 5 rings (SSSR count). The second-order valence-electron chi connectivity index (χ2n) is 9.67. The predicted octanol–water partition coefficient (Wildman–Crippen LogP) is 4.00. The van der Waals surface area contributed by atoms with Crippen molar-refractivity contribution in [3.63, 3.8) is 0 Å². The summed E-state index contributed by atoms with van der Waals surface area (Å²) >= 11 is 0. The van der Waals surface area contributed by atoms with Gasteiger partial charge in [0.2, 0.25) is 5.91 Å². The summed E-state index contributed by atoms with van der Waals surface area (Å²) in [4.78, 5) is 30.4. The molecule has 16 heteroatoms. The van der Waals surface area contributed by atoms with Gasteiger partial charge in [-0.3, -0.25) is 9.69 Å². The molecule has 0 aliphatic carbocycles. The van der Waals surface area contributed by atoms with Gasteiger partial charge in [0.25, 0.3) is 0 Å². The van der Waals surface area contributed by atoms with Crippen molar-refractivity contribution in [2.24, 2.45) is 0 Å². The maximum Gasteiger partial charge on any atom is 0.416 e. The smallest absolute Gasteiger partial charge is 0.382 e. The zero-order valence-corrected chi connectivity index (χ0v) is 22.6. The number of fused-ring (bicyclic) bond motifs is 1. The molecule has 0 unspecified atom stereocenters. The van der Waals surface area contributed by atoms with Crippen LogP contribution in [-0.2, 0) is 28.9 Å². The van der Waals surface area contributed by atoms with Crippen LogP contribution in [0.25, 0.3) is 16.6 Å². The van der Waals surface area contributed by atoms with Crippen LogP contribution in [0.4, 0.5) is 43.9 Å². The number of anilines is 3. The first-order chi connectivity index (χ1) is 20.5. The SMILES string of the molecule is COCc1c(-c2ccc(NC(=O)Nc3cc(C(F)(F)F)ccc3F)c(F)c2)c2c(N)ncnn2c1CN1CCNC(=O)C1.